The molecule has 1 heterocycles. The minimum Gasteiger partial charge on any atom is -0.303 e. The smallest absolute Gasteiger partial charge is 0.303 e. The average Bonchev–Trinajstić information content (AvgIpc) is 2.51. The molecule has 22 heavy (non-hydrogen) atoms. The van der Waals surface area contributed by atoms with Crippen LogP contribution in [0.25, 0.3) is 11.3 Å². The third-order valence-electron chi connectivity index (χ3n) is 2.91. The quantitative estimate of drug-likeness (QED) is 0.814. The zero-order chi connectivity index (χ0) is 16.2. The first-order valence-corrected chi connectivity index (χ1v) is 6.34. The van der Waals surface area contributed by atoms with E-state index in [-0.39, 0.29) is 29.9 Å². The lowest BCUT2D eigenvalue weighted by atomic mass is 10.0. The lowest BCUT2D eigenvalue weighted by molar-refractivity contribution is -0.137. The number of aromatic nitrogens is 2. The van der Waals surface area contributed by atoms with Crippen molar-refractivity contribution in [1.29, 1.82) is 5.26 Å². The van der Waals surface area contributed by atoms with Gasteiger partial charge < -0.3 is 4.79 Å². The highest BCUT2D eigenvalue weighted by atomic mass is 19.4. The van der Waals surface area contributed by atoms with Crippen LogP contribution >= 0.6 is 0 Å². The number of rotatable bonds is 4. The standard InChI is InChI=1S/C15H10F3N3O/c16-15(17,18)12-6-2-1-5-11(12)13-8-10(4-3-7-22)20-14(9-19)21-13/h1-2,5-8H,3-4H2. The molecule has 0 amide bonds. The van der Waals surface area contributed by atoms with Crippen LogP contribution in [-0.2, 0) is 17.4 Å². The highest BCUT2D eigenvalue weighted by Gasteiger charge is 2.33. The average molecular weight is 305 g/mol. The Bertz CT molecular complexity index is 736. The second-order valence-electron chi connectivity index (χ2n) is 4.43. The lowest BCUT2D eigenvalue weighted by Crippen LogP contribution is -2.08. The fourth-order valence-corrected chi connectivity index (χ4v) is 1.97. The highest BCUT2D eigenvalue weighted by Crippen LogP contribution is 2.36. The summed E-state index contributed by atoms with van der Waals surface area (Å²) in [5.41, 5.74) is -0.591. The number of carbonyl (C=O) groups excluding carboxylic acids is 1. The molecule has 0 fully saturated rings. The van der Waals surface area contributed by atoms with Crippen LogP contribution in [0.5, 0.6) is 0 Å². The van der Waals surface area contributed by atoms with Crippen molar-refractivity contribution in [2.45, 2.75) is 19.0 Å². The van der Waals surface area contributed by atoms with Crippen molar-refractivity contribution in [3.8, 4) is 17.3 Å². The van der Waals surface area contributed by atoms with Crippen molar-refractivity contribution in [3.63, 3.8) is 0 Å². The molecule has 0 bridgehead atoms. The Labute approximate surface area is 124 Å². The van der Waals surface area contributed by atoms with E-state index in [1.165, 1.54) is 24.3 Å². The molecule has 4 nitrogen and oxygen atoms in total. The van der Waals surface area contributed by atoms with Crippen LogP contribution in [0.2, 0.25) is 0 Å². The van der Waals surface area contributed by atoms with Gasteiger partial charge in [-0.1, -0.05) is 18.2 Å². The molecule has 0 unspecified atom stereocenters. The molecule has 0 spiro atoms. The highest BCUT2D eigenvalue weighted by molar-refractivity contribution is 5.65. The van der Waals surface area contributed by atoms with Gasteiger partial charge in [0.2, 0.25) is 5.82 Å². The van der Waals surface area contributed by atoms with E-state index in [0.29, 0.717) is 12.0 Å². The number of hydrogen-bond donors (Lipinski definition) is 0. The van der Waals surface area contributed by atoms with E-state index in [1.807, 2.05) is 0 Å². The molecule has 2 rings (SSSR count). The number of carbonyl (C=O) groups is 1. The van der Waals surface area contributed by atoms with Crippen LogP contribution in [0.15, 0.2) is 30.3 Å². The summed E-state index contributed by atoms with van der Waals surface area (Å²) < 4.78 is 39.2. The van der Waals surface area contributed by atoms with Gasteiger partial charge in [0, 0.05) is 17.7 Å². The summed E-state index contributed by atoms with van der Waals surface area (Å²) in [5, 5.41) is 8.92. The fourth-order valence-electron chi connectivity index (χ4n) is 1.97. The molecule has 0 atom stereocenters. The summed E-state index contributed by atoms with van der Waals surface area (Å²) in [5.74, 6) is -0.227. The molecule has 1 aromatic heterocycles. The Morgan fingerprint density at radius 3 is 2.59 bits per heavy atom. The normalized spacial score (nSPS) is 11.0. The molecule has 0 radical (unpaired) electrons. The maximum atomic E-state index is 13.1. The number of aryl methyl sites for hydroxylation is 1. The minimum atomic E-state index is -4.53. The van der Waals surface area contributed by atoms with E-state index in [9.17, 15) is 18.0 Å². The van der Waals surface area contributed by atoms with Crippen LogP contribution < -0.4 is 0 Å². The Kier molecular flexibility index (Phi) is 4.51. The zero-order valence-corrected chi connectivity index (χ0v) is 11.3. The molecule has 7 heteroatoms. The van der Waals surface area contributed by atoms with Gasteiger partial charge in [0.25, 0.3) is 0 Å². The van der Waals surface area contributed by atoms with E-state index >= 15 is 0 Å². The van der Waals surface area contributed by atoms with E-state index in [4.69, 9.17) is 5.26 Å². The summed E-state index contributed by atoms with van der Waals surface area (Å²) in [6.07, 6.45) is -3.45. The number of alkyl halides is 3. The van der Waals surface area contributed by atoms with E-state index < -0.39 is 11.7 Å². The predicted molar refractivity (Wildman–Crippen MR) is 71.6 cm³/mol. The maximum Gasteiger partial charge on any atom is 0.417 e. The van der Waals surface area contributed by atoms with Gasteiger partial charge in [-0.3, -0.25) is 0 Å². The molecule has 112 valence electrons. The summed E-state index contributed by atoms with van der Waals surface area (Å²) in [4.78, 5) is 18.2. The molecular weight excluding hydrogens is 295 g/mol. The van der Waals surface area contributed by atoms with Crippen LogP contribution in [0.1, 0.15) is 23.5 Å². The molecule has 0 saturated heterocycles. The summed E-state index contributed by atoms with van der Waals surface area (Å²) in [6.45, 7) is 0. The first kappa shape index (κ1) is 15.6. The maximum absolute atomic E-state index is 13.1. The van der Waals surface area contributed by atoms with Crippen molar-refractivity contribution in [3.05, 3.63) is 47.4 Å². The number of benzene rings is 1. The molecule has 0 aliphatic rings. The third-order valence-corrected chi connectivity index (χ3v) is 2.91. The summed E-state index contributed by atoms with van der Waals surface area (Å²) >= 11 is 0. The Hall–Kier alpha value is -2.75. The van der Waals surface area contributed by atoms with Crippen molar-refractivity contribution in [2.75, 3.05) is 0 Å². The molecule has 0 N–H and O–H groups in total. The second-order valence-corrected chi connectivity index (χ2v) is 4.43. The largest absolute Gasteiger partial charge is 0.417 e. The summed E-state index contributed by atoms with van der Waals surface area (Å²) in [6, 6.07) is 8.08. The Morgan fingerprint density at radius 1 is 1.23 bits per heavy atom. The van der Waals surface area contributed by atoms with Crippen molar-refractivity contribution in [1.82, 2.24) is 9.97 Å². The van der Waals surface area contributed by atoms with E-state index in [1.54, 1.807) is 6.07 Å². The molecule has 2 aromatic rings. The van der Waals surface area contributed by atoms with Crippen molar-refractivity contribution < 1.29 is 18.0 Å². The monoisotopic (exact) mass is 305 g/mol. The summed E-state index contributed by atoms with van der Waals surface area (Å²) in [7, 11) is 0. The molecular formula is C15H10F3N3O. The van der Waals surface area contributed by atoms with Gasteiger partial charge in [0.05, 0.1) is 11.3 Å². The SMILES string of the molecule is N#Cc1nc(CCC=O)cc(-c2ccccc2C(F)(F)F)n1. The van der Waals surface area contributed by atoms with Crippen LogP contribution in [0.3, 0.4) is 0 Å². The number of hydrogen-bond acceptors (Lipinski definition) is 4. The van der Waals surface area contributed by atoms with Gasteiger partial charge in [0.1, 0.15) is 12.4 Å². The predicted octanol–water partition coefficient (Wildman–Crippen LogP) is 3.17. The minimum absolute atomic E-state index is 0.0142. The Balaban J connectivity index is 2.58. The van der Waals surface area contributed by atoms with Gasteiger partial charge in [-0.2, -0.15) is 18.4 Å². The second kappa shape index (κ2) is 6.35. The van der Waals surface area contributed by atoms with Crippen LogP contribution in [-0.4, -0.2) is 16.3 Å². The fraction of sp³-hybridized carbons (Fsp3) is 0.200. The number of nitrogens with zero attached hydrogens (tertiary/aromatic N) is 3. The molecule has 0 aliphatic heterocycles. The van der Waals surface area contributed by atoms with E-state index in [0.717, 1.165) is 6.07 Å². The van der Waals surface area contributed by atoms with Gasteiger partial charge in [0.15, 0.2) is 0 Å². The first-order chi connectivity index (χ1) is 10.5. The first-order valence-electron chi connectivity index (χ1n) is 6.34. The number of aldehydes is 1. The zero-order valence-electron chi connectivity index (χ0n) is 11.3. The molecule has 0 saturated carbocycles. The van der Waals surface area contributed by atoms with Crippen molar-refractivity contribution in [2.24, 2.45) is 0 Å². The number of nitriles is 1. The lowest BCUT2D eigenvalue weighted by Gasteiger charge is -2.12. The van der Waals surface area contributed by atoms with E-state index in [2.05, 4.69) is 9.97 Å². The topological polar surface area (TPSA) is 66.6 Å². The van der Waals surface area contributed by atoms with Crippen LogP contribution in [0.4, 0.5) is 13.2 Å². The number of halogens is 3. The molecule has 0 aliphatic carbocycles. The Morgan fingerprint density at radius 2 is 1.95 bits per heavy atom. The third kappa shape index (κ3) is 3.47. The van der Waals surface area contributed by atoms with Crippen molar-refractivity contribution >= 4 is 6.29 Å². The van der Waals surface area contributed by atoms with Gasteiger partial charge in [-0.15, -0.1) is 0 Å². The van der Waals surface area contributed by atoms with Gasteiger partial charge >= 0.3 is 6.18 Å². The van der Waals surface area contributed by atoms with Gasteiger partial charge in [-0.25, -0.2) is 9.97 Å². The van der Waals surface area contributed by atoms with Crippen LogP contribution in [0, 0.1) is 11.3 Å². The molecule has 1 aromatic carbocycles. The van der Waals surface area contributed by atoms with Gasteiger partial charge in [-0.05, 0) is 18.6 Å².